The van der Waals surface area contributed by atoms with Gasteiger partial charge in [0.25, 0.3) is 0 Å². The van der Waals surface area contributed by atoms with Gasteiger partial charge in [0.1, 0.15) is 5.76 Å². The smallest absolute Gasteiger partial charge is 0.113 e. The number of rotatable bonds is 8. The summed E-state index contributed by atoms with van der Waals surface area (Å²) in [6, 6.07) is 8.08. The van der Waals surface area contributed by atoms with Crippen LogP contribution >= 0.6 is 11.8 Å². The van der Waals surface area contributed by atoms with Gasteiger partial charge in [-0.15, -0.1) is 0 Å². The highest BCUT2D eigenvalue weighted by Gasteiger charge is 1.96. The Morgan fingerprint density at radius 2 is 2.06 bits per heavy atom. The standard InChI is InChI=1S/C14H18N2OS/c1-2-14(17-10-1)12-18-11-9-16-8-5-13-3-6-15-7-4-13/h1-4,6-7,10,16H,5,8-9,11-12H2. The second-order valence-corrected chi connectivity index (χ2v) is 5.09. The van der Waals surface area contributed by atoms with Crippen molar-refractivity contribution in [2.24, 2.45) is 0 Å². The van der Waals surface area contributed by atoms with Crippen LogP contribution in [0, 0.1) is 0 Å². The molecule has 0 bridgehead atoms. The minimum atomic E-state index is 0.957. The lowest BCUT2D eigenvalue weighted by Crippen LogP contribution is -2.20. The molecule has 4 heteroatoms. The van der Waals surface area contributed by atoms with Crippen LogP contribution < -0.4 is 5.32 Å². The highest BCUT2D eigenvalue weighted by molar-refractivity contribution is 7.98. The summed E-state index contributed by atoms with van der Waals surface area (Å²) in [7, 11) is 0. The predicted octanol–water partition coefficient (Wildman–Crippen LogP) is 2.74. The summed E-state index contributed by atoms with van der Waals surface area (Å²) in [6.07, 6.45) is 6.47. The van der Waals surface area contributed by atoms with Crippen molar-refractivity contribution in [2.45, 2.75) is 12.2 Å². The van der Waals surface area contributed by atoms with E-state index in [-0.39, 0.29) is 0 Å². The van der Waals surface area contributed by atoms with Crippen LogP contribution in [0.3, 0.4) is 0 Å². The molecule has 0 saturated heterocycles. The molecule has 1 N–H and O–H groups in total. The summed E-state index contributed by atoms with van der Waals surface area (Å²) in [6.45, 7) is 2.06. The van der Waals surface area contributed by atoms with E-state index in [4.69, 9.17) is 4.42 Å². The van der Waals surface area contributed by atoms with Crippen molar-refractivity contribution in [3.05, 3.63) is 54.2 Å². The van der Waals surface area contributed by atoms with Gasteiger partial charge in [-0.3, -0.25) is 4.98 Å². The first kappa shape index (κ1) is 13.2. The van der Waals surface area contributed by atoms with Crippen molar-refractivity contribution < 1.29 is 4.42 Å². The van der Waals surface area contributed by atoms with Crippen molar-refractivity contribution in [3.63, 3.8) is 0 Å². The lowest BCUT2D eigenvalue weighted by Gasteiger charge is -2.04. The van der Waals surface area contributed by atoms with Crippen molar-refractivity contribution in [1.29, 1.82) is 0 Å². The van der Waals surface area contributed by atoms with Gasteiger partial charge in [0.05, 0.1) is 12.0 Å². The van der Waals surface area contributed by atoms with E-state index in [1.165, 1.54) is 5.56 Å². The highest BCUT2D eigenvalue weighted by atomic mass is 32.2. The van der Waals surface area contributed by atoms with Crippen molar-refractivity contribution in [2.75, 3.05) is 18.8 Å². The molecular weight excluding hydrogens is 244 g/mol. The van der Waals surface area contributed by atoms with E-state index in [9.17, 15) is 0 Å². The van der Waals surface area contributed by atoms with E-state index in [2.05, 4.69) is 22.4 Å². The van der Waals surface area contributed by atoms with Crippen molar-refractivity contribution in [3.8, 4) is 0 Å². The van der Waals surface area contributed by atoms with E-state index in [1.54, 1.807) is 6.26 Å². The van der Waals surface area contributed by atoms with E-state index >= 15 is 0 Å². The lowest BCUT2D eigenvalue weighted by molar-refractivity contribution is 0.530. The SMILES string of the molecule is c1coc(CSCCNCCc2ccncc2)c1. The third-order valence-corrected chi connectivity index (χ3v) is 3.57. The average molecular weight is 262 g/mol. The van der Waals surface area contributed by atoms with Crippen LogP contribution in [0.5, 0.6) is 0 Å². The zero-order valence-electron chi connectivity index (χ0n) is 10.3. The topological polar surface area (TPSA) is 38.1 Å². The summed E-state index contributed by atoms with van der Waals surface area (Å²) in [5.41, 5.74) is 1.33. The Hall–Kier alpha value is -1.26. The molecule has 96 valence electrons. The fraction of sp³-hybridized carbons (Fsp3) is 0.357. The largest absolute Gasteiger partial charge is 0.468 e. The predicted molar refractivity (Wildman–Crippen MR) is 75.7 cm³/mol. The van der Waals surface area contributed by atoms with Crippen LogP contribution in [0.2, 0.25) is 0 Å². The van der Waals surface area contributed by atoms with Crippen LogP contribution in [0.25, 0.3) is 0 Å². The van der Waals surface area contributed by atoms with Gasteiger partial charge in [-0.1, -0.05) is 0 Å². The van der Waals surface area contributed by atoms with Gasteiger partial charge in [-0.2, -0.15) is 11.8 Å². The van der Waals surface area contributed by atoms with Crippen LogP contribution in [0.4, 0.5) is 0 Å². The number of aromatic nitrogens is 1. The number of thioether (sulfide) groups is 1. The third kappa shape index (κ3) is 4.94. The van der Waals surface area contributed by atoms with Crippen LogP contribution in [0.15, 0.2) is 47.3 Å². The zero-order valence-corrected chi connectivity index (χ0v) is 11.2. The number of nitrogens with zero attached hydrogens (tertiary/aromatic N) is 1. The number of nitrogens with one attached hydrogen (secondary N) is 1. The Bertz CT molecular complexity index is 417. The Morgan fingerprint density at radius 3 is 2.83 bits per heavy atom. The first-order valence-electron chi connectivity index (χ1n) is 6.15. The first-order valence-corrected chi connectivity index (χ1v) is 7.30. The van der Waals surface area contributed by atoms with Crippen LogP contribution in [0.1, 0.15) is 11.3 Å². The summed E-state index contributed by atoms with van der Waals surface area (Å²) in [4.78, 5) is 4.01. The van der Waals surface area contributed by atoms with Gasteiger partial charge in [-0.25, -0.2) is 0 Å². The number of hydrogen-bond acceptors (Lipinski definition) is 4. The molecule has 2 aromatic rings. The van der Waals surface area contributed by atoms with Gasteiger partial charge < -0.3 is 9.73 Å². The lowest BCUT2D eigenvalue weighted by atomic mass is 10.2. The number of pyridine rings is 1. The summed E-state index contributed by atoms with van der Waals surface area (Å²) in [5, 5.41) is 3.44. The number of hydrogen-bond donors (Lipinski definition) is 1. The van der Waals surface area contributed by atoms with Gasteiger partial charge in [-0.05, 0) is 42.8 Å². The Labute approximate surface area is 112 Å². The maximum atomic E-state index is 5.27. The molecule has 3 nitrogen and oxygen atoms in total. The second-order valence-electron chi connectivity index (χ2n) is 3.99. The van der Waals surface area contributed by atoms with Crippen LogP contribution in [-0.4, -0.2) is 23.8 Å². The molecule has 0 amide bonds. The normalized spacial score (nSPS) is 10.7. The monoisotopic (exact) mass is 262 g/mol. The van der Waals surface area contributed by atoms with Crippen molar-refractivity contribution >= 4 is 11.8 Å². The van der Waals surface area contributed by atoms with E-state index in [0.29, 0.717) is 0 Å². The molecule has 0 aliphatic rings. The van der Waals surface area contributed by atoms with Crippen LogP contribution in [-0.2, 0) is 12.2 Å². The molecule has 0 unspecified atom stereocenters. The van der Waals surface area contributed by atoms with Gasteiger partial charge in [0.2, 0.25) is 0 Å². The maximum absolute atomic E-state index is 5.27. The second kappa shape index (κ2) is 7.95. The fourth-order valence-corrected chi connectivity index (χ4v) is 2.42. The molecule has 18 heavy (non-hydrogen) atoms. The molecule has 0 radical (unpaired) electrons. The van der Waals surface area contributed by atoms with E-state index < -0.39 is 0 Å². The molecule has 2 aromatic heterocycles. The first-order chi connectivity index (χ1) is 8.95. The maximum Gasteiger partial charge on any atom is 0.113 e. The summed E-state index contributed by atoms with van der Waals surface area (Å²) >= 11 is 1.89. The summed E-state index contributed by atoms with van der Waals surface area (Å²) in [5.74, 6) is 3.12. The van der Waals surface area contributed by atoms with E-state index in [1.807, 2.05) is 36.3 Å². The molecule has 2 heterocycles. The Morgan fingerprint density at radius 1 is 1.17 bits per heavy atom. The highest BCUT2D eigenvalue weighted by Crippen LogP contribution is 2.11. The molecular formula is C14H18N2OS. The Kier molecular flexibility index (Phi) is 5.82. The molecule has 0 atom stereocenters. The molecule has 0 aliphatic carbocycles. The quantitative estimate of drug-likeness (QED) is 0.742. The fourth-order valence-electron chi connectivity index (χ4n) is 1.62. The van der Waals surface area contributed by atoms with Gasteiger partial charge in [0, 0.05) is 24.7 Å². The summed E-state index contributed by atoms with van der Waals surface area (Å²) < 4.78 is 5.27. The Balaban J connectivity index is 1.47. The van der Waals surface area contributed by atoms with E-state index in [0.717, 1.165) is 36.8 Å². The molecule has 0 saturated carbocycles. The minimum Gasteiger partial charge on any atom is -0.468 e. The molecule has 0 aromatic carbocycles. The zero-order chi connectivity index (χ0) is 12.5. The molecule has 0 spiro atoms. The third-order valence-electron chi connectivity index (χ3n) is 2.59. The van der Waals surface area contributed by atoms with Gasteiger partial charge >= 0.3 is 0 Å². The molecule has 0 fully saturated rings. The molecule has 0 aliphatic heterocycles. The minimum absolute atomic E-state index is 0.957. The van der Waals surface area contributed by atoms with Crippen molar-refractivity contribution in [1.82, 2.24) is 10.3 Å². The molecule has 2 rings (SSSR count). The van der Waals surface area contributed by atoms with Gasteiger partial charge in [0.15, 0.2) is 0 Å². The number of furan rings is 1. The average Bonchev–Trinajstić information content (AvgIpc) is 2.92.